The maximum absolute atomic E-state index is 12.3. The van der Waals surface area contributed by atoms with Crippen LogP contribution in [0.5, 0.6) is 0 Å². The van der Waals surface area contributed by atoms with Gasteiger partial charge in [0.05, 0.1) is 5.92 Å². The van der Waals surface area contributed by atoms with Crippen LogP contribution in [0.2, 0.25) is 5.02 Å². The van der Waals surface area contributed by atoms with Gasteiger partial charge in [0.1, 0.15) is 0 Å². The van der Waals surface area contributed by atoms with Crippen molar-refractivity contribution >= 4 is 35.1 Å². The number of halogens is 1. The van der Waals surface area contributed by atoms with Gasteiger partial charge in [-0.2, -0.15) is 0 Å². The normalized spacial score (nSPS) is 17.6. The maximum atomic E-state index is 12.3. The number of anilines is 2. The topological polar surface area (TPSA) is 88.3 Å². The van der Waals surface area contributed by atoms with E-state index in [0.717, 1.165) is 5.69 Å². The summed E-state index contributed by atoms with van der Waals surface area (Å²) in [7, 11) is 0. The van der Waals surface area contributed by atoms with Crippen molar-refractivity contribution in [3.8, 4) is 0 Å². The number of aromatic nitrogens is 2. The summed E-state index contributed by atoms with van der Waals surface area (Å²) < 4.78 is 5.49. The second kappa shape index (κ2) is 6.60. The first-order valence-corrected chi connectivity index (χ1v) is 8.02. The van der Waals surface area contributed by atoms with Gasteiger partial charge < -0.3 is 9.32 Å². The smallest absolute Gasteiger partial charge is 0.322 e. The fourth-order valence-corrected chi connectivity index (χ4v) is 2.57. The van der Waals surface area contributed by atoms with Crippen LogP contribution >= 0.6 is 11.6 Å². The lowest BCUT2D eigenvalue weighted by molar-refractivity contribution is -0.119. The lowest BCUT2D eigenvalue weighted by atomic mass is 10.1. The summed E-state index contributed by atoms with van der Waals surface area (Å²) >= 11 is 5.87. The molecule has 1 aliphatic heterocycles. The first-order valence-electron chi connectivity index (χ1n) is 7.64. The number of benzene rings is 1. The van der Waals surface area contributed by atoms with E-state index in [1.54, 1.807) is 43.0 Å². The molecule has 1 N–H and O–H groups in total. The summed E-state index contributed by atoms with van der Waals surface area (Å²) in [4.78, 5) is 25.6. The van der Waals surface area contributed by atoms with Gasteiger partial charge in [0.2, 0.25) is 17.7 Å². The molecule has 0 aliphatic carbocycles. The molecule has 0 bridgehead atoms. The van der Waals surface area contributed by atoms with Gasteiger partial charge in [0.15, 0.2) is 0 Å². The lowest BCUT2D eigenvalue weighted by Gasteiger charge is -2.16. The fourth-order valence-electron chi connectivity index (χ4n) is 2.44. The molecule has 1 aliphatic rings. The van der Waals surface area contributed by atoms with Crippen LogP contribution in [0.1, 0.15) is 32.1 Å². The molecule has 1 aromatic heterocycles. The number of hydrogen-bond donors (Lipinski definition) is 1. The standard InChI is InChI=1S/C16H17ClN4O3/c1-9(2)14(23)18-16-20-19-15(24-16)10-7-13(22)21(8-10)12-5-3-11(17)4-6-12/h3-6,9-10H,7-8H2,1-2H3,(H,18,20,23). The minimum atomic E-state index is -0.203. The molecule has 1 aromatic carbocycles. The number of nitrogens with zero attached hydrogens (tertiary/aromatic N) is 3. The third kappa shape index (κ3) is 3.41. The molecule has 2 amide bonds. The quantitative estimate of drug-likeness (QED) is 0.917. The summed E-state index contributed by atoms with van der Waals surface area (Å²) in [5.41, 5.74) is 0.778. The first kappa shape index (κ1) is 16.4. The Bertz CT molecular complexity index is 757. The van der Waals surface area contributed by atoms with E-state index in [-0.39, 0.29) is 36.1 Å². The Kier molecular flexibility index (Phi) is 4.53. The first-order chi connectivity index (χ1) is 11.4. The Balaban J connectivity index is 1.71. The predicted octanol–water partition coefficient (Wildman–Crippen LogP) is 2.84. The van der Waals surface area contributed by atoms with Crippen LogP contribution < -0.4 is 10.2 Å². The second-order valence-electron chi connectivity index (χ2n) is 5.97. The van der Waals surface area contributed by atoms with Gasteiger partial charge in [-0.25, -0.2) is 0 Å². The zero-order valence-electron chi connectivity index (χ0n) is 13.3. The van der Waals surface area contributed by atoms with E-state index in [1.165, 1.54) is 0 Å². The minimum Gasteiger partial charge on any atom is -0.407 e. The SMILES string of the molecule is CC(C)C(=O)Nc1nnc(C2CC(=O)N(c3ccc(Cl)cc3)C2)o1. The van der Waals surface area contributed by atoms with Crippen LogP contribution in [0, 0.1) is 5.92 Å². The maximum Gasteiger partial charge on any atom is 0.322 e. The van der Waals surface area contributed by atoms with E-state index >= 15 is 0 Å². The van der Waals surface area contributed by atoms with Crippen molar-refractivity contribution in [2.45, 2.75) is 26.2 Å². The summed E-state index contributed by atoms with van der Waals surface area (Å²) in [5.74, 6) is -0.262. The van der Waals surface area contributed by atoms with Crippen LogP contribution in [0.4, 0.5) is 11.7 Å². The molecule has 7 nitrogen and oxygen atoms in total. The largest absolute Gasteiger partial charge is 0.407 e. The van der Waals surface area contributed by atoms with E-state index in [4.69, 9.17) is 16.0 Å². The lowest BCUT2D eigenvalue weighted by Crippen LogP contribution is -2.24. The van der Waals surface area contributed by atoms with Crippen molar-refractivity contribution in [2.75, 3.05) is 16.8 Å². The molecular formula is C16H17ClN4O3. The van der Waals surface area contributed by atoms with Crippen LogP contribution in [0.3, 0.4) is 0 Å². The number of carbonyl (C=O) groups is 2. The van der Waals surface area contributed by atoms with Crippen LogP contribution in [-0.4, -0.2) is 28.6 Å². The van der Waals surface area contributed by atoms with Gasteiger partial charge in [-0.15, -0.1) is 5.10 Å². The van der Waals surface area contributed by atoms with Crippen molar-refractivity contribution in [3.63, 3.8) is 0 Å². The Morgan fingerprint density at radius 1 is 1.33 bits per heavy atom. The summed E-state index contributed by atoms with van der Waals surface area (Å²) in [6.07, 6.45) is 0.280. The summed E-state index contributed by atoms with van der Waals surface area (Å²) in [6.45, 7) is 3.98. The Hall–Kier alpha value is -2.41. The van der Waals surface area contributed by atoms with Crippen LogP contribution in [0.25, 0.3) is 0 Å². The highest BCUT2D eigenvalue weighted by Crippen LogP contribution is 2.32. The molecule has 3 rings (SSSR count). The van der Waals surface area contributed by atoms with E-state index in [0.29, 0.717) is 17.5 Å². The highest BCUT2D eigenvalue weighted by molar-refractivity contribution is 6.30. The molecular weight excluding hydrogens is 332 g/mol. The van der Waals surface area contributed by atoms with E-state index in [2.05, 4.69) is 15.5 Å². The number of rotatable bonds is 4. The molecule has 1 saturated heterocycles. The molecule has 0 radical (unpaired) electrons. The minimum absolute atomic E-state index is 0.0201. The van der Waals surface area contributed by atoms with Crippen molar-refractivity contribution in [2.24, 2.45) is 5.92 Å². The fraction of sp³-hybridized carbons (Fsp3) is 0.375. The number of nitrogens with one attached hydrogen (secondary N) is 1. The Morgan fingerprint density at radius 3 is 2.71 bits per heavy atom. The molecule has 2 heterocycles. The molecule has 24 heavy (non-hydrogen) atoms. The number of amides is 2. The molecule has 126 valence electrons. The van der Waals surface area contributed by atoms with Gasteiger partial charge in [-0.3, -0.25) is 14.9 Å². The third-order valence-corrected chi connectivity index (χ3v) is 4.06. The molecule has 1 fully saturated rings. The highest BCUT2D eigenvalue weighted by Gasteiger charge is 2.35. The van der Waals surface area contributed by atoms with Crippen molar-refractivity contribution < 1.29 is 14.0 Å². The Labute approximate surface area is 144 Å². The van der Waals surface area contributed by atoms with E-state index < -0.39 is 0 Å². The van der Waals surface area contributed by atoms with E-state index in [9.17, 15) is 9.59 Å². The van der Waals surface area contributed by atoms with Crippen molar-refractivity contribution in [3.05, 3.63) is 35.2 Å². The van der Waals surface area contributed by atoms with Crippen molar-refractivity contribution in [1.29, 1.82) is 0 Å². The second-order valence-corrected chi connectivity index (χ2v) is 6.41. The Morgan fingerprint density at radius 2 is 2.04 bits per heavy atom. The number of hydrogen-bond acceptors (Lipinski definition) is 5. The molecule has 8 heteroatoms. The van der Waals surface area contributed by atoms with Crippen molar-refractivity contribution in [1.82, 2.24) is 10.2 Å². The zero-order chi connectivity index (χ0) is 17.3. The van der Waals surface area contributed by atoms with Crippen LogP contribution in [-0.2, 0) is 9.59 Å². The predicted molar refractivity (Wildman–Crippen MR) is 88.9 cm³/mol. The van der Waals surface area contributed by atoms with Gasteiger partial charge in [0.25, 0.3) is 0 Å². The highest BCUT2D eigenvalue weighted by atomic mass is 35.5. The van der Waals surface area contributed by atoms with Gasteiger partial charge in [0, 0.05) is 29.6 Å². The molecule has 1 atom stereocenters. The number of carbonyl (C=O) groups excluding carboxylic acids is 2. The molecule has 0 spiro atoms. The van der Waals surface area contributed by atoms with Gasteiger partial charge in [-0.1, -0.05) is 30.5 Å². The van der Waals surface area contributed by atoms with Gasteiger partial charge in [-0.05, 0) is 24.3 Å². The average molecular weight is 349 g/mol. The van der Waals surface area contributed by atoms with E-state index in [1.807, 2.05) is 0 Å². The molecule has 1 unspecified atom stereocenters. The molecule has 2 aromatic rings. The summed E-state index contributed by atoms with van der Waals surface area (Å²) in [5, 5.41) is 10.9. The third-order valence-electron chi connectivity index (χ3n) is 3.81. The zero-order valence-corrected chi connectivity index (χ0v) is 14.1. The monoisotopic (exact) mass is 348 g/mol. The average Bonchev–Trinajstić information content (AvgIpc) is 3.15. The van der Waals surface area contributed by atoms with Gasteiger partial charge >= 0.3 is 6.01 Å². The van der Waals surface area contributed by atoms with Crippen LogP contribution in [0.15, 0.2) is 28.7 Å². The molecule has 0 saturated carbocycles. The summed E-state index contributed by atoms with van der Waals surface area (Å²) in [6, 6.07) is 7.13.